The molecule has 0 aromatic heterocycles. The zero-order chi connectivity index (χ0) is 13.7. The number of hydrogen-bond donors (Lipinski definition) is 2. The minimum atomic E-state index is 0.121. The SMILES string of the molecule is CC(C)CCC(C)NC(=O)C1CC(N)CCC1C. The third-order valence-corrected chi connectivity index (χ3v) is 4.14. The fraction of sp³-hybridized carbons (Fsp3) is 0.933. The molecule has 0 saturated heterocycles. The van der Waals surface area contributed by atoms with Crippen molar-refractivity contribution in [2.24, 2.45) is 23.5 Å². The van der Waals surface area contributed by atoms with Crippen LogP contribution in [0.2, 0.25) is 0 Å². The van der Waals surface area contributed by atoms with Crippen molar-refractivity contribution in [3.8, 4) is 0 Å². The van der Waals surface area contributed by atoms with Gasteiger partial charge in [-0.3, -0.25) is 4.79 Å². The van der Waals surface area contributed by atoms with Gasteiger partial charge in [0, 0.05) is 18.0 Å². The fourth-order valence-corrected chi connectivity index (χ4v) is 2.73. The Morgan fingerprint density at radius 3 is 2.56 bits per heavy atom. The van der Waals surface area contributed by atoms with Crippen molar-refractivity contribution in [3.05, 3.63) is 0 Å². The van der Waals surface area contributed by atoms with Gasteiger partial charge in [0.15, 0.2) is 0 Å². The molecule has 0 spiro atoms. The number of carbonyl (C=O) groups is 1. The molecule has 18 heavy (non-hydrogen) atoms. The van der Waals surface area contributed by atoms with Crippen LogP contribution in [-0.4, -0.2) is 18.0 Å². The number of rotatable bonds is 5. The van der Waals surface area contributed by atoms with Gasteiger partial charge >= 0.3 is 0 Å². The topological polar surface area (TPSA) is 55.1 Å². The normalized spacial score (nSPS) is 30.2. The highest BCUT2D eigenvalue weighted by molar-refractivity contribution is 5.79. The molecule has 0 aromatic rings. The smallest absolute Gasteiger partial charge is 0.223 e. The van der Waals surface area contributed by atoms with Crippen molar-refractivity contribution in [1.82, 2.24) is 5.32 Å². The second kappa shape index (κ2) is 7.13. The Bertz CT molecular complexity index is 265. The predicted octanol–water partition coefficient (Wildman–Crippen LogP) is 2.69. The van der Waals surface area contributed by atoms with E-state index >= 15 is 0 Å². The van der Waals surface area contributed by atoms with E-state index in [4.69, 9.17) is 5.73 Å². The lowest BCUT2D eigenvalue weighted by Crippen LogP contribution is -2.44. The van der Waals surface area contributed by atoms with Crippen molar-refractivity contribution in [2.45, 2.75) is 71.9 Å². The average Bonchev–Trinajstić information content (AvgIpc) is 2.29. The highest BCUT2D eigenvalue weighted by atomic mass is 16.1. The highest BCUT2D eigenvalue weighted by Gasteiger charge is 2.31. The lowest BCUT2D eigenvalue weighted by atomic mass is 9.77. The molecule has 4 atom stereocenters. The molecule has 1 saturated carbocycles. The number of nitrogens with two attached hydrogens (primary N) is 1. The molecule has 0 aromatic carbocycles. The van der Waals surface area contributed by atoms with Gasteiger partial charge in [-0.15, -0.1) is 0 Å². The van der Waals surface area contributed by atoms with Crippen molar-refractivity contribution in [1.29, 1.82) is 0 Å². The summed E-state index contributed by atoms with van der Waals surface area (Å²) in [6.07, 6.45) is 5.23. The summed E-state index contributed by atoms with van der Waals surface area (Å²) in [6, 6.07) is 0.494. The van der Waals surface area contributed by atoms with E-state index in [2.05, 4.69) is 33.0 Å². The fourth-order valence-electron chi connectivity index (χ4n) is 2.73. The Morgan fingerprint density at radius 1 is 1.28 bits per heavy atom. The van der Waals surface area contributed by atoms with Gasteiger partial charge in [0.25, 0.3) is 0 Å². The van der Waals surface area contributed by atoms with Crippen molar-refractivity contribution in [3.63, 3.8) is 0 Å². The van der Waals surface area contributed by atoms with Gasteiger partial charge in [-0.05, 0) is 50.9 Å². The van der Waals surface area contributed by atoms with E-state index in [1.54, 1.807) is 0 Å². The third-order valence-electron chi connectivity index (χ3n) is 4.14. The number of nitrogens with one attached hydrogen (secondary N) is 1. The molecule has 0 bridgehead atoms. The van der Waals surface area contributed by atoms with Gasteiger partial charge < -0.3 is 11.1 Å². The van der Waals surface area contributed by atoms with Crippen LogP contribution < -0.4 is 11.1 Å². The Labute approximate surface area is 112 Å². The van der Waals surface area contributed by atoms with Crippen molar-refractivity contribution >= 4 is 5.91 Å². The first kappa shape index (κ1) is 15.5. The molecule has 0 radical (unpaired) electrons. The number of amides is 1. The summed E-state index contributed by atoms with van der Waals surface area (Å²) in [6.45, 7) is 8.72. The standard InChI is InChI=1S/C15H30N2O/c1-10(2)5-7-12(4)17-15(18)14-9-13(16)8-6-11(14)3/h10-14H,5-9,16H2,1-4H3,(H,17,18). The first-order valence-corrected chi connectivity index (χ1v) is 7.46. The second-order valence-corrected chi connectivity index (χ2v) is 6.54. The summed E-state index contributed by atoms with van der Waals surface area (Å²) >= 11 is 0. The molecular weight excluding hydrogens is 224 g/mol. The van der Waals surface area contributed by atoms with Gasteiger partial charge in [-0.2, -0.15) is 0 Å². The first-order chi connectivity index (χ1) is 8.40. The molecule has 3 heteroatoms. The molecule has 0 heterocycles. The van der Waals surface area contributed by atoms with E-state index < -0.39 is 0 Å². The summed E-state index contributed by atoms with van der Waals surface area (Å²) in [5.41, 5.74) is 5.97. The largest absolute Gasteiger partial charge is 0.353 e. The Hall–Kier alpha value is -0.570. The summed E-state index contributed by atoms with van der Waals surface area (Å²) < 4.78 is 0. The lowest BCUT2D eigenvalue weighted by Gasteiger charge is -2.32. The van der Waals surface area contributed by atoms with Crippen LogP contribution in [0.4, 0.5) is 0 Å². The van der Waals surface area contributed by atoms with Crippen LogP contribution in [0.5, 0.6) is 0 Å². The zero-order valence-corrected chi connectivity index (χ0v) is 12.4. The predicted molar refractivity (Wildman–Crippen MR) is 76.2 cm³/mol. The maximum Gasteiger partial charge on any atom is 0.223 e. The van der Waals surface area contributed by atoms with E-state index in [0.717, 1.165) is 25.7 Å². The van der Waals surface area contributed by atoms with Crippen LogP contribution >= 0.6 is 0 Å². The lowest BCUT2D eigenvalue weighted by molar-refractivity contribution is -0.128. The maximum absolute atomic E-state index is 12.2. The van der Waals surface area contributed by atoms with E-state index in [1.165, 1.54) is 6.42 Å². The molecule has 0 aliphatic heterocycles. The number of carbonyl (C=O) groups excluding carboxylic acids is 1. The Balaban J connectivity index is 2.38. The molecule has 106 valence electrons. The molecule has 4 unspecified atom stereocenters. The molecule has 1 amide bonds. The summed E-state index contributed by atoms with van der Waals surface area (Å²) in [7, 11) is 0. The quantitative estimate of drug-likeness (QED) is 0.792. The van der Waals surface area contributed by atoms with Crippen LogP contribution in [0, 0.1) is 17.8 Å². The van der Waals surface area contributed by atoms with Gasteiger partial charge in [0.2, 0.25) is 5.91 Å². The van der Waals surface area contributed by atoms with E-state index in [0.29, 0.717) is 11.8 Å². The van der Waals surface area contributed by atoms with E-state index in [9.17, 15) is 4.79 Å². The minimum Gasteiger partial charge on any atom is -0.353 e. The molecule has 1 aliphatic carbocycles. The first-order valence-electron chi connectivity index (χ1n) is 7.46. The molecule has 1 aliphatic rings. The van der Waals surface area contributed by atoms with Gasteiger partial charge in [0.05, 0.1) is 0 Å². The molecule has 1 rings (SSSR count). The number of hydrogen-bond acceptors (Lipinski definition) is 2. The molecule has 3 nitrogen and oxygen atoms in total. The van der Waals surface area contributed by atoms with Crippen LogP contribution in [0.3, 0.4) is 0 Å². The maximum atomic E-state index is 12.2. The molecule has 1 fully saturated rings. The highest BCUT2D eigenvalue weighted by Crippen LogP contribution is 2.29. The summed E-state index contributed by atoms with van der Waals surface area (Å²) in [5, 5.41) is 3.16. The summed E-state index contributed by atoms with van der Waals surface area (Å²) in [5.74, 6) is 1.51. The molecular formula is C15H30N2O. The third kappa shape index (κ3) is 4.97. The Morgan fingerprint density at radius 2 is 1.94 bits per heavy atom. The molecule has 3 N–H and O–H groups in total. The van der Waals surface area contributed by atoms with Crippen LogP contribution in [0.1, 0.15) is 59.8 Å². The van der Waals surface area contributed by atoms with Gasteiger partial charge in [-0.25, -0.2) is 0 Å². The Kier molecular flexibility index (Phi) is 6.13. The van der Waals surface area contributed by atoms with Crippen LogP contribution in [0.15, 0.2) is 0 Å². The van der Waals surface area contributed by atoms with Gasteiger partial charge in [0.1, 0.15) is 0 Å². The van der Waals surface area contributed by atoms with E-state index in [1.807, 2.05) is 0 Å². The van der Waals surface area contributed by atoms with Crippen molar-refractivity contribution in [2.75, 3.05) is 0 Å². The van der Waals surface area contributed by atoms with Crippen molar-refractivity contribution < 1.29 is 4.79 Å². The zero-order valence-electron chi connectivity index (χ0n) is 12.4. The van der Waals surface area contributed by atoms with Gasteiger partial charge in [-0.1, -0.05) is 20.8 Å². The van der Waals surface area contributed by atoms with Crippen LogP contribution in [0.25, 0.3) is 0 Å². The van der Waals surface area contributed by atoms with Crippen LogP contribution in [-0.2, 0) is 4.79 Å². The second-order valence-electron chi connectivity index (χ2n) is 6.54. The average molecular weight is 254 g/mol. The summed E-state index contributed by atoms with van der Waals surface area (Å²) in [4.78, 5) is 12.2. The minimum absolute atomic E-state index is 0.121. The van der Waals surface area contributed by atoms with E-state index in [-0.39, 0.29) is 23.9 Å². The monoisotopic (exact) mass is 254 g/mol.